The van der Waals surface area contributed by atoms with Gasteiger partial charge in [0.05, 0.1) is 25.5 Å². The minimum Gasteiger partial charge on any atom is -0.489 e. The Morgan fingerprint density at radius 1 is 1.26 bits per heavy atom. The molecular weight excluding hydrogens is 481 g/mol. The second kappa shape index (κ2) is 14.7. The molecule has 0 radical (unpaired) electrons. The summed E-state index contributed by atoms with van der Waals surface area (Å²) in [6.07, 6.45) is 2.90. The molecule has 0 fully saturated rings. The molecule has 1 aromatic carbocycles. The van der Waals surface area contributed by atoms with Crippen molar-refractivity contribution in [3.8, 4) is 5.75 Å². The summed E-state index contributed by atoms with van der Waals surface area (Å²) in [7, 11) is -2.99. The van der Waals surface area contributed by atoms with Crippen molar-refractivity contribution >= 4 is 39.8 Å². The average Bonchev–Trinajstić information content (AvgIpc) is 2.60. The molecule has 0 unspecified atom stereocenters. The smallest absolute Gasteiger partial charge is 0.191 e. The van der Waals surface area contributed by atoms with Crippen LogP contribution in [0.1, 0.15) is 12.5 Å². The molecule has 0 spiro atoms. The van der Waals surface area contributed by atoms with E-state index < -0.39 is 9.84 Å². The molecule has 27 heavy (non-hydrogen) atoms. The first-order chi connectivity index (χ1) is 12.5. The van der Waals surface area contributed by atoms with E-state index in [1.807, 2.05) is 31.2 Å². The molecular formula is C18H30IN3O4S. The van der Waals surface area contributed by atoms with Crippen molar-refractivity contribution < 1.29 is 17.9 Å². The molecule has 0 saturated carbocycles. The Morgan fingerprint density at radius 3 is 2.67 bits per heavy atom. The van der Waals surface area contributed by atoms with Gasteiger partial charge in [0, 0.05) is 24.9 Å². The lowest BCUT2D eigenvalue weighted by Gasteiger charge is -2.12. The van der Waals surface area contributed by atoms with Crippen molar-refractivity contribution in [3.63, 3.8) is 0 Å². The maximum Gasteiger partial charge on any atom is 0.191 e. The largest absolute Gasteiger partial charge is 0.489 e. The fraction of sp³-hybridized carbons (Fsp3) is 0.500. The van der Waals surface area contributed by atoms with Crippen LogP contribution in [0.2, 0.25) is 0 Å². The van der Waals surface area contributed by atoms with Crippen molar-refractivity contribution in [2.45, 2.75) is 13.5 Å². The fourth-order valence-corrected chi connectivity index (χ4v) is 2.40. The third-order valence-corrected chi connectivity index (χ3v) is 4.13. The Hall–Kier alpha value is -1.33. The highest BCUT2D eigenvalue weighted by atomic mass is 127. The lowest BCUT2D eigenvalue weighted by molar-refractivity contribution is 0.154. The summed E-state index contributed by atoms with van der Waals surface area (Å²) in [5.74, 6) is 1.48. The molecule has 0 atom stereocenters. The standard InChI is InChI=1S/C18H29N3O4S.HI/c1-4-11-25-17-9-7-6-8-16(17)15-21-18(19-5-2)20-10-12-24-13-14-26(3,22)23;/h4,6-9H,1,5,10-15H2,2-3H3,(H2,19,20,21);1H. The SMILES string of the molecule is C=CCOc1ccccc1CN=C(NCC)NCCOCCS(C)(=O)=O.I. The first-order valence-electron chi connectivity index (χ1n) is 8.55. The van der Waals surface area contributed by atoms with Crippen LogP contribution in [0.25, 0.3) is 0 Å². The summed E-state index contributed by atoms with van der Waals surface area (Å²) >= 11 is 0. The first kappa shape index (κ1) is 25.7. The van der Waals surface area contributed by atoms with Crippen molar-refractivity contribution in [2.75, 3.05) is 44.9 Å². The Labute approximate surface area is 179 Å². The van der Waals surface area contributed by atoms with E-state index in [0.717, 1.165) is 17.9 Å². The summed E-state index contributed by atoms with van der Waals surface area (Å²) in [5, 5.41) is 6.32. The molecule has 7 nitrogen and oxygen atoms in total. The molecule has 0 amide bonds. The molecule has 0 aliphatic heterocycles. The number of benzene rings is 1. The third kappa shape index (κ3) is 12.6. The minimum absolute atomic E-state index is 0. The van der Waals surface area contributed by atoms with Gasteiger partial charge >= 0.3 is 0 Å². The number of para-hydroxylation sites is 1. The second-order valence-corrected chi connectivity index (χ2v) is 7.83. The van der Waals surface area contributed by atoms with Gasteiger partial charge in [0.2, 0.25) is 0 Å². The number of sulfone groups is 1. The Balaban J connectivity index is 0.00000676. The summed E-state index contributed by atoms with van der Waals surface area (Å²) in [4.78, 5) is 4.55. The van der Waals surface area contributed by atoms with Gasteiger partial charge in [-0.05, 0) is 13.0 Å². The van der Waals surface area contributed by atoms with E-state index in [1.54, 1.807) is 6.08 Å². The van der Waals surface area contributed by atoms with Crippen molar-refractivity contribution in [2.24, 2.45) is 4.99 Å². The Morgan fingerprint density at radius 2 is 2.00 bits per heavy atom. The maximum absolute atomic E-state index is 11.0. The van der Waals surface area contributed by atoms with Gasteiger partial charge in [0.15, 0.2) is 5.96 Å². The molecule has 0 saturated heterocycles. The number of hydrogen-bond donors (Lipinski definition) is 2. The van der Waals surface area contributed by atoms with Gasteiger partial charge in [-0.2, -0.15) is 0 Å². The van der Waals surface area contributed by atoms with Gasteiger partial charge in [-0.25, -0.2) is 13.4 Å². The molecule has 0 aliphatic carbocycles. The van der Waals surface area contributed by atoms with E-state index in [1.165, 1.54) is 6.26 Å². The van der Waals surface area contributed by atoms with Crippen LogP contribution in [-0.4, -0.2) is 59.3 Å². The zero-order valence-electron chi connectivity index (χ0n) is 15.9. The van der Waals surface area contributed by atoms with Crippen molar-refractivity contribution in [1.29, 1.82) is 0 Å². The number of ether oxygens (including phenoxy) is 2. The highest BCUT2D eigenvalue weighted by Crippen LogP contribution is 2.18. The van der Waals surface area contributed by atoms with Crippen molar-refractivity contribution in [3.05, 3.63) is 42.5 Å². The highest BCUT2D eigenvalue weighted by molar-refractivity contribution is 14.0. The number of halogens is 1. The lowest BCUT2D eigenvalue weighted by Crippen LogP contribution is -2.39. The van der Waals surface area contributed by atoms with Gasteiger partial charge in [-0.3, -0.25) is 0 Å². The molecule has 0 bridgehead atoms. The number of hydrogen-bond acceptors (Lipinski definition) is 5. The summed E-state index contributed by atoms with van der Waals surface area (Å²) in [6, 6.07) is 7.74. The van der Waals surface area contributed by atoms with Crippen LogP contribution in [0.15, 0.2) is 41.9 Å². The van der Waals surface area contributed by atoms with Crippen LogP contribution in [0, 0.1) is 0 Å². The Kier molecular flexibility index (Phi) is 14.0. The number of rotatable bonds is 12. The lowest BCUT2D eigenvalue weighted by atomic mass is 10.2. The number of guanidine groups is 1. The molecule has 9 heteroatoms. The van der Waals surface area contributed by atoms with E-state index in [2.05, 4.69) is 22.2 Å². The molecule has 2 N–H and O–H groups in total. The van der Waals surface area contributed by atoms with Crippen LogP contribution in [0.3, 0.4) is 0 Å². The normalized spacial score (nSPS) is 11.4. The maximum atomic E-state index is 11.0. The third-order valence-electron chi connectivity index (χ3n) is 3.22. The van der Waals surface area contributed by atoms with E-state index in [9.17, 15) is 8.42 Å². The molecule has 0 heterocycles. The van der Waals surface area contributed by atoms with E-state index in [-0.39, 0.29) is 36.3 Å². The Bertz CT molecular complexity index is 681. The fourth-order valence-electron chi connectivity index (χ4n) is 1.98. The second-order valence-electron chi connectivity index (χ2n) is 5.57. The van der Waals surface area contributed by atoms with Crippen LogP contribution in [0.4, 0.5) is 0 Å². The quantitative estimate of drug-likeness (QED) is 0.147. The van der Waals surface area contributed by atoms with E-state index in [4.69, 9.17) is 9.47 Å². The zero-order chi connectivity index (χ0) is 19.3. The van der Waals surface area contributed by atoms with Gasteiger partial charge in [-0.1, -0.05) is 30.9 Å². The molecule has 0 aliphatic rings. The van der Waals surface area contributed by atoms with E-state index >= 15 is 0 Å². The monoisotopic (exact) mass is 511 g/mol. The zero-order valence-corrected chi connectivity index (χ0v) is 19.1. The van der Waals surface area contributed by atoms with Gasteiger partial charge in [0.1, 0.15) is 22.2 Å². The van der Waals surface area contributed by atoms with Gasteiger partial charge in [0.25, 0.3) is 0 Å². The highest BCUT2D eigenvalue weighted by Gasteiger charge is 2.04. The van der Waals surface area contributed by atoms with Gasteiger partial charge < -0.3 is 20.1 Å². The van der Waals surface area contributed by atoms with Crippen LogP contribution in [-0.2, 0) is 21.1 Å². The summed E-state index contributed by atoms with van der Waals surface area (Å²) in [5.41, 5.74) is 0.982. The summed E-state index contributed by atoms with van der Waals surface area (Å²) in [6.45, 7) is 8.42. The average molecular weight is 511 g/mol. The molecule has 154 valence electrons. The predicted octanol–water partition coefficient (Wildman–Crippen LogP) is 1.99. The topological polar surface area (TPSA) is 89.0 Å². The van der Waals surface area contributed by atoms with Crippen LogP contribution in [0.5, 0.6) is 5.75 Å². The first-order valence-corrected chi connectivity index (χ1v) is 10.6. The minimum atomic E-state index is -2.99. The number of nitrogens with one attached hydrogen (secondary N) is 2. The summed E-state index contributed by atoms with van der Waals surface area (Å²) < 4.78 is 33.0. The van der Waals surface area contributed by atoms with Gasteiger partial charge in [-0.15, -0.1) is 24.0 Å². The van der Waals surface area contributed by atoms with Crippen molar-refractivity contribution in [1.82, 2.24) is 10.6 Å². The van der Waals surface area contributed by atoms with E-state index in [0.29, 0.717) is 32.3 Å². The molecule has 0 aromatic heterocycles. The predicted molar refractivity (Wildman–Crippen MR) is 121 cm³/mol. The molecule has 1 rings (SSSR count). The number of aliphatic imine (C=N–C) groups is 1. The van der Waals surface area contributed by atoms with Crippen LogP contribution < -0.4 is 15.4 Å². The number of nitrogens with zero attached hydrogens (tertiary/aromatic N) is 1. The van der Waals surface area contributed by atoms with Crippen LogP contribution >= 0.6 is 24.0 Å². The molecule has 1 aromatic rings.